The molecule has 2 aromatic rings. The number of carbonyl (C=O) groups excluding carboxylic acids is 2. The predicted octanol–water partition coefficient (Wildman–Crippen LogP) is 2.93. The number of halogens is 3. The van der Waals surface area contributed by atoms with Crippen LogP contribution in [0.5, 0.6) is 5.75 Å². The molecule has 0 bridgehead atoms. The molecule has 10 nitrogen and oxygen atoms in total. The van der Waals surface area contributed by atoms with E-state index in [1.807, 2.05) is 0 Å². The van der Waals surface area contributed by atoms with Crippen LogP contribution in [0.15, 0.2) is 24.3 Å². The average Bonchev–Trinajstić information content (AvgIpc) is 2.89. The maximum Gasteiger partial charge on any atom is 0.339 e. The Morgan fingerprint density at radius 2 is 1.70 bits per heavy atom. The molecule has 0 amide bonds. The van der Waals surface area contributed by atoms with Gasteiger partial charge in [-0.15, -0.1) is 0 Å². The lowest BCUT2D eigenvalue weighted by molar-refractivity contribution is -0.293. The van der Waals surface area contributed by atoms with E-state index in [9.17, 15) is 24.9 Å². The van der Waals surface area contributed by atoms with Gasteiger partial charge in [-0.25, -0.2) is 9.59 Å². The number of esters is 2. The first-order valence-corrected chi connectivity index (χ1v) is 12.0. The largest absolute Gasteiger partial charge is 0.486 e. The zero-order chi connectivity index (χ0) is 27.4. The molecule has 202 valence electrons. The predicted molar refractivity (Wildman–Crippen MR) is 132 cm³/mol. The van der Waals surface area contributed by atoms with Gasteiger partial charge in [-0.05, 0) is 36.2 Å². The van der Waals surface area contributed by atoms with Crippen LogP contribution >= 0.6 is 34.8 Å². The molecule has 1 fully saturated rings. The zero-order valence-corrected chi connectivity index (χ0v) is 22.2. The Hall–Kier alpha value is -2.15. The number of methoxy groups -OCH3 is 2. The maximum absolute atomic E-state index is 13.0. The highest BCUT2D eigenvalue weighted by atomic mass is 35.5. The van der Waals surface area contributed by atoms with E-state index in [-0.39, 0.29) is 44.1 Å². The molecule has 0 radical (unpaired) electrons. The van der Waals surface area contributed by atoms with Gasteiger partial charge in [0.15, 0.2) is 18.1 Å². The van der Waals surface area contributed by atoms with Gasteiger partial charge in [0.1, 0.15) is 24.9 Å². The van der Waals surface area contributed by atoms with Gasteiger partial charge in [-0.1, -0.05) is 40.9 Å². The van der Waals surface area contributed by atoms with E-state index in [2.05, 4.69) is 0 Å². The summed E-state index contributed by atoms with van der Waals surface area (Å²) in [6.45, 7) is 0.928. The highest BCUT2D eigenvalue weighted by Crippen LogP contribution is 2.39. The van der Waals surface area contributed by atoms with Gasteiger partial charge in [-0.2, -0.15) is 0 Å². The minimum absolute atomic E-state index is 0.00572. The number of aliphatic hydroxyl groups excluding tert-OH is 3. The number of hydrogen-bond donors (Lipinski definition) is 3. The molecule has 3 rings (SSSR count). The molecule has 0 aliphatic carbocycles. The highest BCUT2D eigenvalue weighted by molar-refractivity contribution is 6.38. The van der Waals surface area contributed by atoms with Gasteiger partial charge < -0.3 is 39.0 Å². The van der Waals surface area contributed by atoms with Crippen LogP contribution in [0, 0.1) is 6.92 Å². The number of aliphatic hydroxyl groups is 3. The third-order valence-electron chi connectivity index (χ3n) is 5.76. The van der Waals surface area contributed by atoms with Crippen molar-refractivity contribution in [2.24, 2.45) is 0 Å². The normalized spacial score (nSPS) is 23.4. The molecule has 5 atom stereocenters. The third-order valence-corrected chi connectivity index (χ3v) is 6.83. The van der Waals surface area contributed by atoms with Gasteiger partial charge >= 0.3 is 11.9 Å². The summed E-state index contributed by atoms with van der Waals surface area (Å²) in [5, 5.41) is 30.1. The van der Waals surface area contributed by atoms with Crippen LogP contribution in [0.3, 0.4) is 0 Å². The summed E-state index contributed by atoms with van der Waals surface area (Å²) in [6.07, 6.45) is -6.89. The summed E-state index contributed by atoms with van der Waals surface area (Å²) in [5.41, 5.74) is 0.985. The van der Waals surface area contributed by atoms with Crippen LogP contribution in [-0.2, 0) is 25.6 Å². The summed E-state index contributed by atoms with van der Waals surface area (Å²) >= 11 is 18.8. The van der Waals surface area contributed by atoms with E-state index in [0.717, 1.165) is 0 Å². The number of ether oxygens (including phenoxy) is 5. The van der Waals surface area contributed by atoms with Crippen molar-refractivity contribution in [1.29, 1.82) is 0 Å². The highest BCUT2D eigenvalue weighted by Gasteiger charge is 2.47. The van der Waals surface area contributed by atoms with E-state index >= 15 is 0 Å². The fourth-order valence-electron chi connectivity index (χ4n) is 3.68. The monoisotopic (exact) mass is 578 g/mol. The number of carbonyl (C=O) groups is 2. The molecular weight excluding hydrogens is 555 g/mol. The minimum Gasteiger partial charge on any atom is -0.486 e. The molecule has 1 aliphatic heterocycles. The van der Waals surface area contributed by atoms with Crippen LogP contribution in [-0.4, -0.2) is 78.8 Å². The summed E-state index contributed by atoms with van der Waals surface area (Å²) in [5.74, 6) is -1.44. The molecule has 2 aromatic carbocycles. The lowest BCUT2D eigenvalue weighted by atomic mass is 9.99. The van der Waals surface area contributed by atoms with Crippen molar-refractivity contribution in [1.82, 2.24) is 0 Å². The molecule has 13 heteroatoms. The molecule has 1 aliphatic rings. The fraction of sp³-hybridized carbons (Fsp3) is 0.417. The third kappa shape index (κ3) is 6.30. The van der Waals surface area contributed by atoms with Gasteiger partial charge in [0, 0.05) is 7.11 Å². The van der Waals surface area contributed by atoms with Crippen molar-refractivity contribution in [3.8, 4) is 5.75 Å². The second-order valence-electron chi connectivity index (χ2n) is 8.08. The molecule has 1 saturated heterocycles. The smallest absolute Gasteiger partial charge is 0.339 e. The van der Waals surface area contributed by atoms with Crippen LogP contribution in [0.1, 0.15) is 31.8 Å². The van der Waals surface area contributed by atoms with E-state index in [4.69, 9.17) is 58.5 Å². The molecule has 0 unspecified atom stereocenters. The number of benzene rings is 2. The molecule has 0 saturated carbocycles. The Bertz CT molecular complexity index is 1160. The summed E-state index contributed by atoms with van der Waals surface area (Å²) in [7, 11) is 2.49. The second-order valence-corrected chi connectivity index (χ2v) is 9.27. The van der Waals surface area contributed by atoms with Crippen molar-refractivity contribution in [2.45, 2.75) is 44.2 Å². The lowest BCUT2D eigenvalue weighted by Crippen LogP contribution is -2.60. The van der Waals surface area contributed by atoms with Crippen molar-refractivity contribution >= 4 is 46.7 Å². The van der Waals surface area contributed by atoms with Gasteiger partial charge in [-0.3, -0.25) is 0 Å². The first-order valence-electron chi connectivity index (χ1n) is 10.9. The Labute approximate surface area is 227 Å². The standard InChI is InChI=1S/C24H25Cl3O10/c1-10-12(23(32)37-21-19(30)18(29)16(8-28)36-24(21)34-3)7-15(26)20(17(10)27)35-9-11-4-5-14(25)13(6-11)22(31)33-2/h4-7,16,18-19,21,24,28-30H,8-9H2,1-3H3/t16-,18-,19+,21-,24+/m1/s1. The van der Waals surface area contributed by atoms with E-state index in [0.29, 0.717) is 5.56 Å². The Balaban J connectivity index is 1.80. The van der Waals surface area contributed by atoms with E-state index < -0.39 is 49.3 Å². The van der Waals surface area contributed by atoms with Crippen molar-refractivity contribution < 1.29 is 48.6 Å². The quantitative estimate of drug-likeness (QED) is 0.400. The molecule has 0 spiro atoms. The van der Waals surface area contributed by atoms with Crippen molar-refractivity contribution in [3.63, 3.8) is 0 Å². The molecule has 37 heavy (non-hydrogen) atoms. The molecular formula is C24H25Cl3O10. The molecule has 0 aromatic heterocycles. The SMILES string of the molecule is COC(=O)c1cc(COc2c(Cl)cc(C(=O)O[C@H]3[C@@H](OC)O[C@H](CO)[C@@H](O)[C@@H]3O)c(C)c2Cl)ccc1Cl. The summed E-state index contributed by atoms with van der Waals surface area (Å²) in [6, 6.07) is 5.96. The van der Waals surface area contributed by atoms with Crippen LogP contribution in [0.2, 0.25) is 15.1 Å². The Kier molecular flexibility index (Phi) is 10.0. The van der Waals surface area contributed by atoms with Gasteiger partial charge in [0.2, 0.25) is 0 Å². The maximum atomic E-state index is 13.0. The second kappa shape index (κ2) is 12.6. The van der Waals surface area contributed by atoms with E-state index in [1.165, 1.54) is 39.3 Å². The van der Waals surface area contributed by atoms with Gasteiger partial charge in [0.25, 0.3) is 0 Å². The Morgan fingerprint density at radius 1 is 1.00 bits per heavy atom. The van der Waals surface area contributed by atoms with Crippen LogP contribution < -0.4 is 4.74 Å². The Morgan fingerprint density at radius 3 is 2.32 bits per heavy atom. The topological polar surface area (TPSA) is 141 Å². The first kappa shape index (κ1) is 29.4. The fourth-order valence-corrected chi connectivity index (χ4v) is 4.44. The van der Waals surface area contributed by atoms with Crippen LogP contribution in [0.25, 0.3) is 0 Å². The molecule has 1 heterocycles. The molecule has 3 N–H and O–H groups in total. The average molecular weight is 580 g/mol. The number of hydrogen-bond acceptors (Lipinski definition) is 10. The van der Waals surface area contributed by atoms with Crippen molar-refractivity contribution in [2.75, 3.05) is 20.8 Å². The number of rotatable bonds is 8. The van der Waals surface area contributed by atoms with Crippen molar-refractivity contribution in [3.05, 3.63) is 61.6 Å². The van der Waals surface area contributed by atoms with E-state index in [1.54, 1.807) is 6.07 Å². The van der Waals surface area contributed by atoms with Crippen LogP contribution in [0.4, 0.5) is 0 Å². The minimum atomic E-state index is -1.59. The summed E-state index contributed by atoms with van der Waals surface area (Å²) in [4.78, 5) is 24.8. The lowest BCUT2D eigenvalue weighted by Gasteiger charge is -2.40. The zero-order valence-electron chi connectivity index (χ0n) is 19.9. The first-order chi connectivity index (χ1) is 17.5. The van der Waals surface area contributed by atoms with Gasteiger partial charge in [0.05, 0.1) is 39.9 Å². The summed E-state index contributed by atoms with van der Waals surface area (Å²) < 4.78 is 26.3.